The third-order valence-corrected chi connectivity index (χ3v) is 2.72. The second-order valence-electron chi connectivity index (χ2n) is 3.93. The number of nitrogens with zero attached hydrogens (tertiary/aromatic N) is 1. The standard InChI is InChI=1S/C11H16N2O4/c1-16-10(15)3-2-9(14)13-11(8-12)4-6-17-7-5-11/h2-7H2,1H3,(H,13,14). The van der Waals surface area contributed by atoms with Gasteiger partial charge in [0.1, 0.15) is 5.54 Å². The molecule has 17 heavy (non-hydrogen) atoms. The van der Waals surface area contributed by atoms with Crippen molar-refractivity contribution in [1.29, 1.82) is 5.26 Å². The molecule has 1 saturated heterocycles. The number of carbonyl (C=O) groups excluding carboxylic acids is 2. The number of carbonyl (C=O) groups is 2. The Hall–Kier alpha value is -1.61. The van der Waals surface area contributed by atoms with Gasteiger partial charge in [0.2, 0.25) is 5.91 Å². The van der Waals surface area contributed by atoms with Crippen molar-refractivity contribution in [3.05, 3.63) is 0 Å². The van der Waals surface area contributed by atoms with Crippen LogP contribution in [0.3, 0.4) is 0 Å². The molecule has 0 aromatic carbocycles. The molecule has 0 atom stereocenters. The third kappa shape index (κ3) is 4.04. The minimum absolute atomic E-state index is 0.0281. The Bertz CT molecular complexity index is 329. The van der Waals surface area contributed by atoms with Crippen LogP contribution >= 0.6 is 0 Å². The first-order valence-electron chi connectivity index (χ1n) is 5.49. The molecule has 94 valence electrons. The van der Waals surface area contributed by atoms with E-state index in [-0.39, 0.29) is 18.7 Å². The molecule has 0 aliphatic carbocycles. The van der Waals surface area contributed by atoms with Crippen LogP contribution in [0.2, 0.25) is 0 Å². The van der Waals surface area contributed by atoms with E-state index in [1.807, 2.05) is 0 Å². The zero-order valence-corrected chi connectivity index (χ0v) is 9.82. The van der Waals surface area contributed by atoms with Crippen molar-refractivity contribution in [2.24, 2.45) is 0 Å². The number of rotatable bonds is 4. The summed E-state index contributed by atoms with van der Waals surface area (Å²) in [4.78, 5) is 22.5. The fraction of sp³-hybridized carbons (Fsp3) is 0.727. The first-order chi connectivity index (χ1) is 8.12. The molecule has 0 aromatic rings. The zero-order valence-electron chi connectivity index (χ0n) is 9.82. The first-order valence-corrected chi connectivity index (χ1v) is 5.49. The van der Waals surface area contributed by atoms with Gasteiger partial charge < -0.3 is 14.8 Å². The molecule has 1 amide bonds. The topological polar surface area (TPSA) is 88.4 Å². The van der Waals surface area contributed by atoms with Crippen LogP contribution in [0.1, 0.15) is 25.7 Å². The van der Waals surface area contributed by atoms with Gasteiger partial charge in [0.15, 0.2) is 0 Å². The van der Waals surface area contributed by atoms with Gasteiger partial charge in [-0.25, -0.2) is 0 Å². The maximum atomic E-state index is 11.6. The van der Waals surface area contributed by atoms with Gasteiger partial charge in [0.05, 0.1) is 19.6 Å². The number of methoxy groups -OCH3 is 1. The second kappa shape index (κ2) is 6.21. The van der Waals surface area contributed by atoms with E-state index < -0.39 is 11.5 Å². The summed E-state index contributed by atoms with van der Waals surface area (Å²) in [6, 6.07) is 2.12. The summed E-state index contributed by atoms with van der Waals surface area (Å²) in [6.07, 6.45) is 1.03. The van der Waals surface area contributed by atoms with Crippen LogP contribution in [0.25, 0.3) is 0 Å². The molecular formula is C11H16N2O4. The lowest BCUT2D eigenvalue weighted by Gasteiger charge is -2.31. The van der Waals surface area contributed by atoms with E-state index in [0.29, 0.717) is 26.1 Å². The van der Waals surface area contributed by atoms with Crippen LogP contribution in [-0.4, -0.2) is 37.7 Å². The van der Waals surface area contributed by atoms with Crippen LogP contribution in [0.15, 0.2) is 0 Å². The average Bonchev–Trinajstić information content (AvgIpc) is 2.37. The number of hydrogen-bond donors (Lipinski definition) is 1. The maximum Gasteiger partial charge on any atom is 0.306 e. The summed E-state index contributed by atoms with van der Waals surface area (Å²) in [5, 5.41) is 11.8. The normalized spacial score (nSPS) is 17.9. The molecule has 1 fully saturated rings. The van der Waals surface area contributed by atoms with Crippen LogP contribution in [0.4, 0.5) is 0 Å². The van der Waals surface area contributed by atoms with Crippen molar-refractivity contribution in [2.45, 2.75) is 31.2 Å². The van der Waals surface area contributed by atoms with E-state index in [4.69, 9.17) is 10.00 Å². The maximum absolute atomic E-state index is 11.6. The zero-order chi connectivity index (χ0) is 12.7. The van der Waals surface area contributed by atoms with Crippen LogP contribution in [0, 0.1) is 11.3 Å². The van der Waals surface area contributed by atoms with Crippen LogP contribution in [0.5, 0.6) is 0 Å². The Morgan fingerprint density at radius 2 is 2.06 bits per heavy atom. The monoisotopic (exact) mass is 240 g/mol. The lowest BCUT2D eigenvalue weighted by Crippen LogP contribution is -2.51. The van der Waals surface area contributed by atoms with Gasteiger partial charge in [-0.05, 0) is 0 Å². The summed E-state index contributed by atoms with van der Waals surface area (Å²) in [5.74, 6) is -0.739. The van der Waals surface area contributed by atoms with Gasteiger partial charge in [-0.15, -0.1) is 0 Å². The van der Waals surface area contributed by atoms with Crippen molar-refractivity contribution >= 4 is 11.9 Å². The molecule has 1 N–H and O–H groups in total. The van der Waals surface area contributed by atoms with Gasteiger partial charge in [-0.1, -0.05) is 0 Å². The second-order valence-corrected chi connectivity index (χ2v) is 3.93. The molecule has 0 aromatic heterocycles. The Kier molecular flexibility index (Phi) is 4.91. The fourth-order valence-electron chi connectivity index (χ4n) is 1.63. The molecule has 1 aliphatic heterocycles. The van der Waals surface area contributed by atoms with E-state index in [9.17, 15) is 9.59 Å². The largest absolute Gasteiger partial charge is 0.469 e. The van der Waals surface area contributed by atoms with Gasteiger partial charge in [0.25, 0.3) is 0 Å². The van der Waals surface area contributed by atoms with Crippen LogP contribution in [-0.2, 0) is 19.1 Å². The summed E-state index contributed by atoms with van der Waals surface area (Å²) >= 11 is 0. The molecule has 6 nitrogen and oxygen atoms in total. The van der Waals surface area contributed by atoms with E-state index in [1.54, 1.807) is 0 Å². The number of nitrogens with one attached hydrogen (secondary N) is 1. The molecule has 1 heterocycles. The SMILES string of the molecule is COC(=O)CCC(=O)NC1(C#N)CCOCC1. The number of amides is 1. The molecule has 0 radical (unpaired) electrons. The molecule has 0 bridgehead atoms. The highest BCUT2D eigenvalue weighted by molar-refractivity contribution is 5.82. The Balaban J connectivity index is 2.43. The highest BCUT2D eigenvalue weighted by Gasteiger charge is 2.34. The van der Waals surface area contributed by atoms with Gasteiger partial charge in [-0.2, -0.15) is 5.26 Å². The molecule has 0 spiro atoms. The molecule has 1 aliphatic rings. The van der Waals surface area contributed by atoms with Gasteiger partial charge >= 0.3 is 5.97 Å². The van der Waals surface area contributed by atoms with Crippen molar-refractivity contribution in [2.75, 3.05) is 20.3 Å². The number of hydrogen-bond acceptors (Lipinski definition) is 5. The molecule has 1 rings (SSSR count). The number of esters is 1. The van der Waals surface area contributed by atoms with E-state index in [1.165, 1.54) is 7.11 Å². The third-order valence-electron chi connectivity index (χ3n) is 2.72. The lowest BCUT2D eigenvalue weighted by molar-refractivity contribution is -0.142. The van der Waals surface area contributed by atoms with E-state index in [0.717, 1.165) is 0 Å². The highest BCUT2D eigenvalue weighted by atomic mass is 16.5. The quantitative estimate of drug-likeness (QED) is 0.705. The highest BCUT2D eigenvalue weighted by Crippen LogP contribution is 2.19. The van der Waals surface area contributed by atoms with Gasteiger partial charge in [0, 0.05) is 32.5 Å². The van der Waals surface area contributed by atoms with Crippen molar-refractivity contribution in [1.82, 2.24) is 5.32 Å². The lowest BCUT2D eigenvalue weighted by atomic mass is 9.91. The number of nitriles is 1. The van der Waals surface area contributed by atoms with Crippen molar-refractivity contribution in [3.8, 4) is 6.07 Å². The minimum atomic E-state index is -0.842. The Morgan fingerprint density at radius 1 is 1.41 bits per heavy atom. The molecule has 0 saturated carbocycles. The van der Waals surface area contributed by atoms with Crippen molar-refractivity contribution < 1.29 is 19.1 Å². The predicted octanol–water partition coefficient (Wildman–Crippen LogP) is 0.129. The fourth-order valence-corrected chi connectivity index (χ4v) is 1.63. The molecular weight excluding hydrogens is 224 g/mol. The Morgan fingerprint density at radius 3 is 2.59 bits per heavy atom. The minimum Gasteiger partial charge on any atom is -0.469 e. The summed E-state index contributed by atoms with van der Waals surface area (Å²) in [5.41, 5.74) is -0.842. The molecule has 0 unspecified atom stereocenters. The summed E-state index contributed by atoms with van der Waals surface area (Å²) in [6.45, 7) is 0.926. The average molecular weight is 240 g/mol. The first kappa shape index (κ1) is 13.5. The predicted molar refractivity (Wildman–Crippen MR) is 57.8 cm³/mol. The van der Waals surface area contributed by atoms with Gasteiger partial charge in [-0.3, -0.25) is 9.59 Å². The smallest absolute Gasteiger partial charge is 0.306 e. The summed E-state index contributed by atoms with van der Waals surface area (Å²) < 4.78 is 9.59. The summed E-state index contributed by atoms with van der Waals surface area (Å²) in [7, 11) is 1.27. The van der Waals surface area contributed by atoms with Crippen LogP contribution < -0.4 is 5.32 Å². The van der Waals surface area contributed by atoms with E-state index >= 15 is 0 Å². The van der Waals surface area contributed by atoms with Crippen molar-refractivity contribution in [3.63, 3.8) is 0 Å². The number of ether oxygens (including phenoxy) is 2. The van der Waals surface area contributed by atoms with E-state index in [2.05, 4.69) is 16.1 Å². The Labute approximate surface area is 99.9 Å². The molecule has 6 heteroatoms.